The number of hydrogen-bond donors (Lipinski definition) is 0. The third-order valence-electron chi connectivity index (χ3n) is 1.74. The van der Waals surface area contributed by atoms with Crippen LogP contribution in [-0.4, -0.2) is 31.3 Å². The molecule has 4 heteroatoms. The predicted molar refractivity (Wildman–Crippen MR) is 39.5 cm³/mol. The lowest BCUT2D eigenvalue weighted by molar-refractivity contribution is 0.120. The summed E-state index contributed by atoms with van der Waals surface area (Å²) >= 11 is 0. The molecule has 2 rings (SSSR count). The monoisotopic (exact) mass is 154 g/mol. The third-order valence-corrected chi connectivity index (χ3v) is 1.74. The zero-order chi connectivity index (χ0) is 7.52. The molecular weight excluding hydrogens is 144 g/mol. The van der Waals surface area contributed by atoms with Crippen molar-refractivity contribution in [2.24, 2.45) is 0 Å². The molecule has 11 heavy (non-hydrogen) atoms. The Bertz CT molecular complexity index is 204. The summed E-state index contributed by atoms with van der Waals surface area (Å²) in [5, 5.41) is 0. The maximum Gasteiger partial charge on any atom is 0.216 e. The Morgan fingerprint density at radius 1 is 1.36 bits per heavy atom. The summed E-state index contributed by atoms with van der Waals surface area (Å²) in [7, 11) is 0. The van der Waals surface area contributed by atoms with Gasteiger partial charge in [0.05, 0.1) is 19.4 Å². The molecule has 0 radical (unpaired) electrons. The zero-order valence-corrected chi connectivity index (χ0v) is 6.19. The van der Waals surface area contributed by atoms with Crippen molar-refractivity contribution in [2.45, 2.75) is 0 Å². The number of hydrogen-bond acceptors (Lipinski definition) is 4. The molecule has 0 N–H and O–H groups in total. The Morgan fingerprint density at radius 3 is 2.82 bits per heavy atom. The van der Waals surface area contributed by atoms with Gasteiger partial charge in [0.15, 0.2) is 6.39 Å². The summed E-state index contributed by atoms with van der Waals surface area (Å²) in [5.41, 5.74) is 0. The highest BCUT2D eigenvalue weighted by molar-refractivity contribution is 5.31. The fraction of sp³-hybridized carbons (Fsp3) is 0.571. The zero-order valence-electron chi connectivity index (χ0n) is 6.19. The van der Waals surface area contributed by atoms with Gasteiger partial charge in [-0.2, -0.15) is 0 Å². The minimum absolute atomic E-state index is 0.778. The highest BCUT2D eigenvalue weighted by Crippen LogP contribution is 2.13. The molecule has 0 saturated carbocycles. The van der Waals surface area contributed by atoms with E-state index in [-0.39, 0.29) is 0 Å². The molecule has 1 saturated heterocycles. The molecule has 0 atom stereocenters. The molecule has 0 aromatic carbocycles. The van der Waals surface area contributed by atoms with Gasteiger partial charge in [0.2, 0.25) is 5.88 Å². The van der Waals surface area contributed by atoms with E-state index in [9.17, 15) is 0 Å². The van der Waals surface area contributed by atoms with Crippen LogP contribution >= 0.6 is 0 Å². The fourth-order valence-electron chi connectivity index (χ4n) is 1.15. The second-order valence-electron chi connectivity index (χ2n) is 2.44. The Hall–Kier alpha value is -1.03. The molecule has 1 aliphatic rings. The number of rotatable bonds is 1. The molecule has 1 fully saturated rings. The van der Waals surface area contributed by atoms with Gasteiger partial charge in [-0.25, -0.2) is 4.98 Å². The number of nitrogens with zero attached hydrogens (tertiary/aromatic N) is 2. The molecular formula is C7H10N2O2. The second kappa shape index (κ2) is 2.92. The number of ether oxygens (including phenoxy) is 1. The third kappa shape index (κ3) is 1.35. The summed E-state index contributed by atoms with van der Waals surface area (Å²) in [6.45, 7) is 3.35. The fourth-order valence-corrected chi connectivity index (χ4v) is 1.15. The Kier molecular flexibility index (Phi) is 1.77. The van der Waals surface area contributed by atoms with Crippen molar-refractivity contribution in [3.05, 3.63) is 12.6 Å². The smallest absolute Gasteiger partial charge is 0.216 e. The molecule has 0 bridgehead atoms. The SMILES string of the molecule is c1ncc(N2CCOCC2)o1. The van der Waals surface area contributed by atoms with Gasteiger partial charge in [-0.1, -0.05) is 0 Å². The first kappa shape index (κ1) is 6.67. The molecule has 1 aliphatic heterocycles. The molecule has 0 spiro atoms. The van der Waals surface area contributed by atoms with Crippen LogP contribution in [0.2, 0.25) is 0 Å². The van der Waals surface area contributed by atoms with Gasteiger partial charge in [-0.05, 0) is 0 Å². The molecule has 0 unspecified atom stereocenters. The van der Waals surface area contributed by atoms with E-state index in [4.69, 9.17) is 9.15 Å². The van der Waals surface area contributed by atoms with Crippen LogP contribution in [0.1, 0.15) is 0 Å². The Labute approximate surface area is 64.8 Å². The summed E-state index contributed by atoms with van der Waals surface area (Å²) in [4.78, 5) is 5.97. The van der Waals surface area contributed by atoms with Gasteiger partial charge in [-0.3, -0.25) is 0 Å². The van der Waals surface area contributed by atoms with Crippen molar-refractivity contribution >= 4 is 5.88 Å². The Morgan fingerprint density at radius 2 is 2.18 bits per heavy atom. The predicted octanol–water partition coefficient (Wildman–Crippen LogP) is 0.511. The van der Waals surface area contributed by atoms with Gasteiger partial charge < -0.3 is 14.1 Å². The van der Waals surface area contributed by atoms with Gasteiger partial charge in [-0.15, -0.1) is 0 Å². The first-order valence-electron chi connectivity index (χ1n) is 3.68. The highest BCUT2D eigenvalue weighted by Gasteiger charge is 2.12. The van der Waals surface area contributed by atoms with Crippen LogP contribution < -0.4 is 4.90 Å². The van der Waals surface area contributed by atoms with E-state index in [0.29, 0.717) is 0 Å². The largest absolute Gasteiger partial charge is 0.428 e. The van der Waals surface area contributed by atoms with E-state index in [1.54, 1.807) is 6.20 Å². The number of anilines is 1. The van der Waals surface area contributed by atoms with Crippen LogP contribution in [0.25, 0.3) is 0 Å². The van der Waals surface area contributed by atoms with Crippen molar-refractivity contribution in [2.75, 3.05) is 31.2 Å². The molecule has 1 aromatic heterocycles. The van der Waals surface area contributed by atoms with Crippen molar-refractivity contribution in [3.63, 3.8) is 0 Å². The van der Waals surface area contributed by atoms with Crippen LogP contribution in [0.3, 0.4) is 0 Å². The van der Waals surface area contributed by atoms with Gasteiger partial charge in [0, 0.05) is 13.1 Å². The summed E-state index contributed by atoms with van der Waals surface area (Å²) in [5.74, 6) is 0.841. The standard InChI is InChI=1S/C7H10N2O2/c1-3-10-4-2-9(1)7-5-8-6-11-7/h5-6H,1-4H2. The normalized spacial score (nSPS) is 18.7. The number of oxazole rings is 1. The van der Waals surface area contributed by atoms with Crippen molar-refractivity contribution in [1.82, 2.24) is 4.98 Å². The first-order chi connectivity index (χ1) is 5.47. The van der Waals surface area contributed by atoms with Crippen molar-refractivity contribution in [1.29, 1.82) is 0 Å². The Balaban J connectivity index is 2.04. The summed E-state index contributed by atoms with van der Waals surface area (Å²) in [6, 6.07) is 0. The van der Waals surface area contributed by atoms with Crippen LogP contribution in [0.4, 0.5) is 5.88 Å². The lowest BCUT2D eigenvalue weighted by Gasteiger charge is -2.25. The topological polar surface area (TPSA) is 38.5 Å². The maximum atomic E-state index is 5.19. The average Bonchev–Trinajstić information content (AvgIpc) is 2.58. The lowest BCUT2D eigenvalue weighted by Crippen LogP contribution is -2.35. The minimum atomic E-state index is 0.778. The van der Waals surface area contributed by atoms with E-state index in [2.05, 4.69) is 9.88 Å². The van der Waals surface area contributed by atoms with Gasteiger partial charge in [0.1, 0.15) is 0 Å². The van der Waals surface area contributed by atoms with E-state index in [0.717, 1.165) is 32.2 Å². The minimum Gasteiger partial charge on any atom is -0.428 e. The van der Waals surface area contributed by atoms with Crippen LogP contribution in [0.5, 0.6) is 0 Å². The molecule has 4 nitrogen and oxygen atoms in total. The molecule has 2 heterocycles. The van der Waals surface area contributed by atoms with Gasteiger partial charge in [0.25, 0.3) is 0 Å². The van der Waals surface area contributed by atoms with Gasteiger partial charge >= 0.3 is 0 Å². The first-order valence-corrected chi connectivity index (χ1v) is 3.68. The van der Waals surface area contributed by atoms with E-state index in [1.807, 2.05) is 0 Å². The van der Waals surface area contributed by atoms with E-state index >= 15 is 0 Å². The van der Waals surface area contributed by atoms with Crippen molar-refractivity contribution in [3.8, 4) is 0 Å². The average molecular weight is 154 g/mol. The second-order valence-corrected chi connectivity index (χ2v) is 2.44. The number of aromatic nitrogens is 1. The quantitative estimate of drug-likeness (QED) is 0.590. The lowest BCUT2D eigenvalue weighted by atomic mass is 10.4. The molecule has 0 aliphatic carbocycles. The van der Waals surface area contributed by atoms with Crippen LogP contribution in [-0.2, 0) is 4.74 Å². The summed E-state index contributed by atoms with van der Waals surface area (Å²) < 4.78 is 10.3. The van der Waals surface area contributed by atoms with Crippen molar-refractivity contribution < 1.29 is 9.15 Å². The molecule has 0 amide bonds. The van der Waals surface area contributed by atoms with E-state index in [1.165, 1.54) is 6.39 Å². The van der Waals surface area contributed by atoms with E-state index < -0.39 is 0 Å². The highest BCUT2D eigenvalue weighted by atomic mass is 16.5. The molecule has 60 valence electrons. The summed E-state index contributed by atoms with van der Waals surface area (Å²) in [6.07, 6.45) is 3.18. The van der Waals surface area contributed by atoms with Crippen LogP contribution in [0.15, 0.2) is 17.0 Å². The number of morpholine rings is 1. The molecule has 1 aromatic rings. The maximum absolute atomic E-state index is 5.19. The van der Waals surface area contributed by atoms with Crippen LogP contribution in [0, 0.1) is 0 Å².